The van der Waals surface area contributed by atoms with Gasteiger partial charge in [-0.1, -0.05) is 6.92 Å². The van der Waals surface area contributed by atoms with Crippen LogP contribution >= 0.6 is 0 Å². The van der Waals surface area contributed by atoms with Crippen LogP contribution in [0.25, 0.3) is 0 Å². The van der Waals surface area contributed by atoms with E-state index < -0.39 is 6.23 Å². The van der Waals surface area contributed by atoms with Gasteiger partial charge in [-0.3, -0.25) is 10.1 Å². The van der Waals surface area contributed by atoms with Crippen LogP contribution in [0.1, 0.15) is 32.6 Å². The zero-order valence-electron chi connectivity index (χ0n) is 7.99. The molecule has 0 radical (unpaired) electrons. The molecule has 1 saturated heterocycles. The number of ketones is 1. The van der Waals surface area contributed by atoms with Gasteiger partial charge in [0.15, 0.2) is 0 Å². The van der Waals surface area contributed by atoms with Crippen molar-refractivity contribution in [1.29, 1.82) is 0 Å². The fraction of sp³-hybridized carbons (Fsp3) is 0.900. The summed E-state index contributed by atoms with van der Waals surface area (Å²) >= 11 is 0. The van der Waals surface area contributed by atoms with E-state index in [0.29, 0.717) is 12.3 Å². The standard InChI is InChI=1S/C10H17NO2/c1-6-2-3-8-7(4-6)9(12)5-10(13)11-8/h6-8,10-11,13H,2-5H2,1H3. The summed E-state index contributed by atoms with van der Waals surface area (Å²) in [5, 5.41) is 12.5. The van der Waals surface area contributed by atoms with Crippen molar-refractivity contribution >= 4 is 5.78 Å². The van der Waals surface area contributed by atoms with E-state index in [1.165, 1.54) is 6.42 Å². The van der Waals surface area contributed by atoms with Gasteiger partial charge in [-0.15, -0.1) is 0 Å². The normalized spacial score (nSPS) is 45.8. The Hall–Kier alpha value is -0.410. The van der Waals surface area contributed by atoms with Crippen LogP contribution in [0.4, 0.5) is 0 Å². The Kier molecular flexibility index (Phi) is 2.39. The van der Waals surface area contributed by atoms with E-state index in [-0.39, 0.29) is 17.7 Å². The zero-order valence-corrected chi connectivity index (χ0v) is 7.99. The molecule has 0 aromatic rings. The summed E-state index contributed by atoms with van der Waals surface area (Å²) in [5.74, 6) is 1.09. The highest BCUT2D eigenvalue weighted by atomic mass is 16.3. The number of rotatable bonds is 0. The number of hydrogen-bond donors (Lipinski definition) is 2. The Morgan fingerprint density at radius 3 is 3.00 bits per heavy atom. The van der Waals surface area contributed by atoms with Crippen molar-refractivity contribution in [2.75, 3.05) is 0 Å². The van der Waals surface area contributed by atoms with E-state index in [1.807, 2.05) is 0 Å². The lowest BCUT2D eigenvalue weighted by Gasteiger charge is -2.39. The highest BCUT2D eigenvalue weighted by Crippen LogP contribution is 2.32. The van der Waals surface area contributed by atoms with Crippen LogP contribution in [0.5, 0.6) is 0 Å². The molecule has 1 heterocycles. The largest absolute Gasteiger partial charge is 0.378 e. The number of nitrogens with one attached hydrogen (secondary N) is 1. The number of fused-ring (bicyclic) bond motifs is 1. The SMILES string of the molecule is CC1CCC2NC(O)CC(=O)C2C1. The zero-order chi connectivity index (χ0) is 9.42. The molecule has 1 aliphatic heterocycles. The lowest BCUT2D eigenvalue weighted by atomic mass is 9.74. The molecule has 3 heteroatoms. The van der Waals surface area contributed by atoms with Crippen LogP contribution in [0, 0.1) is 11.8 Å². The fourth-order valence-corrected chi connectivity index (χ4v) is 2.58. The topological polar surface area (TPSA) is 49.3 Å². The summed E-state index contributed by atoms with van der Waals surface area (Å²) in [6.45, 7) is 2.20. The van der Waals surface area contributed by atoms with Gasteiger partial charge in [0.05, 0.1) is 0 Å². The molecule has 0 aromatic carbocycles. The average Bonchev–Trinajstić information content (AvgIpc) is 2.06. The molecule has 3 nitrogen and oxygen atoms in total. The van der Waals surface area contributed by atoms with Gasteiger partial charge in [0.25, 0.3) is 0 Å². The Morgan fingerprint density at radius 1 is 1.46 bits per heavy atom. The van der Waals surface area contributed by atoms with E-state index in [9.17, 15) is 9.90 Å². The van der Waals surface area contributed by atoms with Gasteiger partial charge in [0.1, 0.15) is 12.0 Å². The first-order chi connectivity index (χ1) is 6.16. The van der Waals surface area contributed by atoms with Crippen LogP contribution in [0.2, 0.25) is 0 Å². The molecule has 0 aromatic heterocycles. The maximum absolute atomic E-state index is 11.6. The Bertz CT molecular complexity index is 217. The Balaban J connectivity index is 2.06. The summed E-state index contributed by atoms with van der Waals surface area (Å²) < 4.78 is 0. The third-order valence-electron chi connectivity index (χ3n) is 3.33. The minimum Gasteiger partial charge on any atom is -0.378 e. The fourth-order valence-electron chi connectivity index (χ4n) is 2.58. The van der Waals surface area contributed by atoms with Crippen LogP contribution in [0.15, 0.2) is 0 Å². The van der Waals surface area contributed by atoms with E-state index in [2.05, 4.69) is 12.2 Å². The highest BCUT2D eigenvalue weighted by molar-refractivity contribution is 5.83. The summed E-state index contributed by atoms with van der Waals surface area (Å²) in [4.78, 5) is 11.6. The van der Waals surface area contributed by atoms with E-state index in [0.717, 1.165) is 12.8 Å². The number of piperidine rings is 1. The Labute approximate surface area is 78.5 Å². The molecule has 4 atom stereocenters. The molecule has 0 spiro atoms. The number of aliphatic hydroxyl groups excluding tert-OH is 1. The predicted octanol–water partition coefficient (Wildman–Crippen LogP) is 0.672. The average molecular weight is 183 g/mol. The van der Waals surface area contributed by atoms with Crippen molar-refractivity contribution in [2.45, 2.75) is 44.9 Å². The van der Waals surface area contributed by atoms with Crippen LogP contribution < -0.4 is 5.32 Å². The van der Waals surface area contributed by atoms with Gasteiger partial charge >= 0.3 is 0 Å². The van der Waals surface area contributed by atoms with Crippen molar-refractivity contribution < 1.29 is 9.90 Å². The molecule has 4 unspecified atom stereocenters. The van der Waals surface area contributed by atoms with Crippen molar-refractivity contribution in [2.24, 2.45) is 11.8 Å². The molecule has 0 amide bonds. The molecule has 1 aliphatic carbocycles. The molecule has 2 N–H and O–H groups in total. The number of aliphatic hydroxyl groups is 1. The minimum absolute atomic E-state index is 0.173. The summed E-state index contributed by atoms with van der Waals surface area (Å²) in [6, 6.07) is 0.243. The highest BCUT2D eigenvalue weighted by Gasteiger charge is 2.38. The molecular weight excluding hydrogens is 166 g/mol. The summed E-state index contributed by atoms with van der Waals surface area (Å²) in [6.07, 6.45) is 2.92. The van der Waals surface area contributed by atoms with Gasteiger partial charge < -0.3 is 5.11 Å². The van der Waals surface area contributed by atoms with Crippen molar-refractivity contribution in [3.63, 3.8) is 0 Å². The monoisotopic (exact) mass is 183 g/mol. The second kappa shape index (κ2) is 3.39. The maximum atomic E-state index is 11.6. The third kappa shape index (κ3) is 1.76. The first-order valence-corrected chi connectivity index (χ1v) is 5.13. The van der Waals surface area contributed by atoms with Crippen molar-refractivity contribution in [3.05, 3.63) is 0 Å². The van der Waals surface area contributed by atoms with Crippen molar-refractivity contribution in [1.82, 2.24) is 5.32 Å². The summed E-state index contributed by atoms with van der Waals surface area (Å²) in [7, 11) is 0. The molecular formula is C10H17NO2. The smallest absolute Gasteiger partial charge is 0.141 e. The molecule has 74 valence electrons. The second-order valence-electron chi connectivity index (χ2n) is 4.48. The molecule has 0 bridgehead atoms. The third-order valence-corrected chi connectivity index (χ3v) is 3.33. The van der Waals surface area contributed by atoms with E-state index >= 15 is 0 Å². The molecule has 2 aliphatic rings. The molecule has 1 saturated carbocycles. The lowest BCUT2D eigenvalue weighted by Crippen LogP contribution is -2.54. The molecule has 2 rings (SSSR count). The maximum Gasteiger partial charge on any atom is 0.141 e. The quantitative estimate of drug-likeness (QED) is 0.580. The van der Waals surface area contributed by atoms with Gasteiger partial charge in [-0.2, -0.15) is 0 Å². The van der Waals surface area contributed by atoms with Crippen LogP contribution in [0.3, 0.4) is 0 Å². The molecule has 13 heavy (non-hydrogen) atoms. The van der Waals surface area contributed by atoms with Gasteiger partial charge in [0.2, 0.25) is 0 Å². The lowest BCUT2D eigenvalue weighted by molar-refractivity contribution is -0.132. The van der Waals surface area contributed by atoms with Gasteiger partial charge in [-0.25, -0.2) is 0 Å². The van der Waals surface area contributed by atoms with E-state index in [4.69, 9.17) is 0 Å². The number of carbonyl (C=O) groups is 1. The van der Waals surface area contributed by atoms with Crippen LogP contribution in [-0.2, 0) is 4.79 Å². The number of carbonyl (C=O) groups excluding carboxylic acids is 1. The summed E-state index contributed by atoms with van der Waals surface area (Å²) in [5.41, 5.74) is 0. The number of hydrogen-bond acceptors (Lipinski definition) is 3. The van der Waals surface area contributed by atoms with Gasteiger partial charge in [-0.05, 0) is 25.2 Å². The first-order valence-electron chi connectivity index (χ1n) is 5.13. The first kappa shape index (κ1) is 9.16. The molecule has 2 fully saturated rings. The minimum atomic E-state index is -0.595. The predicted molar refractivity (Wildman–Crippen MR) is 49.1 cm³/mol. The van der Waals surface area contributed by atoms with Crippen LogP contribution in [-0.4, -0.2) is 23.2 Å². The Morgan fingerprint density at radius 2 is 2.23 bits per heavy atom. The van der Waals surface area contributed by atoms with Gasteiger partial charge in [0, 0.05) is 18.4 Å². The van der Waals surface area contributed by atoms with E-state index in [1.54, 1.807) is 0 Å². The number of Topliss-reactive ketones (excluding diaryl/α,β-unsaturated/α-hetero) is 1. The van der Waals surface area contributed by atoms with Crippen molar-refractivity contribution in [3.8, 4) is 0 Å². The second-order valence-corrected chi connectivity index (χ2v) is 4.48.